The van der Waals surface area contributed by atoms with Gasteiger partial charge in [-0.1, -0.05) is 12.1 Å². The number of allylic oxidation sites excluding steroid dienone is 1. The number of para-hydroxylation sites is 1. The second-order valence-corrected chi connectivity index (χ2v) is 6.18. The largest absolute Gasteiger partial charge is 0.461 e. The fraction of sp³-hybridized carbons (Fsp3) is 0.312. The molecule has 1 aliphatic carbocycles. The number of fused-ring (bicyclic) bond motifs is 2. The van der Waals surface area contributed by atoms with Gasteiger partial charge in [-0.2, -0.15) is 4.68 Å². The van der Waals surface area contributed by atoms with Crippen molar-refractivity contribution in [1.29, 1.82) is 0 Å². The summed E-state index contributed by atoms with van der Waals surface area (Å²) < 4.78 is 9.96. The van der Waals surface area contributed by atoms with Crippen LogP contribution in [0.1, 0.15) is 29.2 Å². The predicted molar refractivity (Wildman–Crippen MR) is 79.7 cm³/mol. The summed E-state index contributed by atoms with van der Waals surface area (Å²) in [5.74, 6) is 0.316. The van der Waals surface area contributed by atoms with Crippen molar-refractivity contribution in [3.63, 3.8) is 0 Å². The molecule has 1 spiro atoms. The number of ether oxygens (including phenoxy) is 1. The van der Waals surface area contributed by atoms with E-state index in [1.807, 2.05) is 0 Å². The van der Waals surface area contributed by atoms with Crippen LogP contribution in [0.25, 0.3) is 0 Å². The molecular weight excluding hydrogens is 298 g/mol. The van der Waals surface area contributed by atoms with Crippen molar-refractivity contribution in [1.82, 2.24) is 13.9 Å². The van der Waals surface area contributed by atoms with Gasteiger partial charge in [0.05, 0.1) is 17.2 Å². The Kier molecular flexibility index (Phi) is 2.06. The first-order chi connectivity index (χ1) is 11.0. The molecule has 7 heteroatoms. The SMILES string of the molecule is Cn1c(=O)n2n(c1=O)[C@@]13CC[C@@H]2C=C1C(=O)c1ccccc1O3. The van der Waals surface area contributed by atoms with Gasteiger partial charge in [0.15, 0.2) is 5.78 Å². The maximum Gasteiger partial charge on any atom is 0.350 e. The minimum Gasteiger partial charge on any atom is -0.461 e. The van der Waals surface area contributed by atoms with Crippen molar-refractivity contribution >= 4 is 5.78 Å². The monoisotopic (exact) mass is 311 g/mol. The molecule has 0 saturated heterocycles. The van der Waals surface area contributed by atoms with E-state index < -0.39 is 11.4 Å². The number of hydrogen-bond donors (Lipinski definition) is 0. The van der Waals surface area contributed by atoms with Crippen molar-refractivity contribution in [3.8, 4) is 5.75 Å². The Morgan fingerprint density at radius 2 is 1.96 bits per heavy atom. The first-order valence-corrected chi connectivity index (χ1v) is 7.51. The minimum atomic E-state index is -1.21. The summed E-state index contributed by atoms with van der Waals surface area (Å²) in [6.45, 7) is 0. The Morgan fingerprint density at radius 3 is 2.78 bits per heavy atom. The van der Waals surface area contributed by atoms with Gasteiger partial charge in [-0.05, 0) is 24.6 Å². The van der Waals surface area contributed by atoms with E-state index in [9.17, 15) is 14.4 Å². The number of carbonyl (C=O) groups excluding carboxylic acids is 1. The second kappa shape index (κ2) is 3.73. The summed E-state index contributed by atoms with van der Waals surface area (Å²) in [6.07, 6.45) is 2.93. The number of benzene rings is 1. The Balaban J connectivity index is 1.89. The fourth-order valence-electron chi connectivity index (χ4n) is 3.94. The highest BCUT2D eigenvalue weighted by Crippen LogP contribution is 2.49. The van der Waals surface area contributed by atoms with E-state index in [0.717, 1.165) is 4.57 Å². The van der Waals surface area contributed by atoms with Gasteiger partial charge in [-0.25, -0.2) is 18.8 Å². The Hall–Kier alpha value is -2.83. The molecule has 0 N–H and O–H groups in total. The van der Waals surface area contributed by atoms with Crippen LogP contribution in [0.5, 0.6) is 5.75 Å². The quantitative estimate of drug-likeness (QED) is 0.712. The third-order valence-corrected chi connectivity index (χ3v) is 5.04. The lowest BCUT2D eigenvalue weighted by atomic mass is 9.79. The molecule has 2 aromatic rings. The minimum absolute atomic E-state index is 0.133. The van der Waals surface area contributed by atoms with Gasteiger partial charge >= 0.3 is 11.4 Å². The molecule has 1 aromatic heterocycles. The van der Waals surface area contributed by atoms with Gasteiger partial charge in [0, 0.05) is 13.5 Å². The molecule has 0 fully saturated rings. The molecule has 0 unspecified atom stereocenters. The summed E-state index contributed by atoms with van der Waals surface area (Å²) in [4.78, 5) is 37.8. The van der Waals surface area contributed by atoms with Crippen LogP contribution in [0, 0.1) is 0 Å². The van der Waals surface area contributed by atoms with Crippen LogP contribution in [0.4, 0.5) is 0 Å². The lowest BCUT2D eigenvalue weighted by Gasteiger charge is -2.48. The molecule has 7 nitrogen and oxygen atoms in total. The number of Topliss-reactive ketones (excluding diaryl/α,β-unsaturated/α-hetero) is 1. The maximum atomic E-state index is 12.9. The summed E-state index contributed by atoms with van der Waals surface area (Å²) in [7, 11) is 1.44. The van der Waals surface area contributed by atoms with Crippen LogP contribution >= 0.6 is 0 Å². The molecule has 2 atom stereocenters. The van der Waals surface area contributed by atoms with Crippen LogP contribution < -0.4 is 16.1 Å². The van der Waals surface area contributed by atoms with E-state index in [2.05, 4.69) is 0 Å². The van der Waals surface area contributed by atoms with Crippen LogP contribution in [-0.2, 0) is 12.8 Å². The number of ketones is 1. The molecule has 1 aromatic carbocycles. The van der Waals surface area contributed by atoms with Crippen LogP contribution in [0.3, 0.4) is 0 Å². The average Bonchev–Trinajstić information content (AvgIpc) is 2.81. The molecule has 0 amide bonds. The first-order valence-electron chi connectivity index (χ1n) is 7.51. The fourth-order valence-corrected chi connectivity index (χ4v) is 3.94. The number of rotatable bonds is 0. The van der Waals surface area contributed by atoms with Gasteiger partial charge in [-0.3, -0.25) is 4.79 Å². The molecule has 4 aliphatic rings. The highest BCUT2D eigenvalue weighted by atomic mass is 16.5. The summed E-state index contributed by atoms with van der Waals surface area (Å²) in [6, 6.07) is 6.72. The van der Waals surface area contributed by atoms with Crippen LogP contribution in [0.15, 0.2) is 45.5 Å². The van der Waals surface area contributed by atoms with E-state index in [1.54, 1.807) is 30.3 Å². The highest BCUT2D eigenvalue weighted by Gasteiger charge is 2.56. The first kappa shape index (κ1) is 12.7. The van der Waals surface area contributed by atoms with Gasteiger partial charge in [0.2, 0.25) is 5.72 Å². The van der Waals surface area contributed by atoms with E-state index in [4.69, 9.17) is 4.74 Å². The summed E-state index contributed by atoms with van der Waals surface area (Å²) in [5.41, 5.74) is -1.10. The normalized spacial score (nSPS) is 26.9. The van der Waals surface area contributed by atoms with Crippen molar-refractivity contribution < 1.29 is 9.53 Å². The predicted octanol–water partition coefficient (Wildman–Crippen LogP) is 0.551. The zero-order valence-corrected chi connectivity index (χ0v) is 12.4. The Morgan fingerprint density at radius 1 is 1.17 bits per heavy atom. The molecule has 116 valence electrons. The van der Waals surface area contributed by atoms with E-state index in [0.29, 0.717) is 29.7 Å². The highest BCUT2D eigenvalue weighted by molar-refractivity contribution is 6.12. The molecular formula is C16H13N3O4. The molecule has 0 radical (unpaired) electrons. The molecule has 4 heterocycles. The molecule has 6 rings (SSSR count). The van der Waals surface area contributed by atoms with E-state index in [1.165, 1.54) is 16.4 Å². The lowest BCUT2D eigenvalue weighted by Crippen LogP contribution is -2.59. The molecule has 23 heavy (non-hydrogen) atoms. The van der Waals surface area contributed by atoms with Crippen molar-refractivity contribution in [3.05, 3.63) is 62.4 Å². The lowest BCUT2D eigenvalue weighted by molar-refractivity contribution is -0.0505. The number of carbonyl (C=O) groups is 1. The van der Waals surface area contributed by atoms with Crippen molar-refractivity contribution in [2.75, 3.05) is 0 Å². The van der Waals surface area contributed by atoms with E-state index in [-0.39, 0.29) is 17.5 Å². The molecule has 3 aliphatic heterocycles. The summed E-state index contributed by atoms with van der Waals surface area (Å²) in [5, 5.41) is 0. The molecule has 2 bridgehead atoms. The van der Waals surface area contributed by atoms with Crippen molar-refractivity contribution in [2.24, 2.45) is 7.05 Å². The summed E-state index contributed by atoms with van der Waals surface area (Å²) >= 11 is 0. The third-order valence-electron chi connectivity index (χ3n) is 5.04. The van der Waals surface area contributed by atoms with Gasteiger partial charge < -0.3 is 4.74 Å². The van der Waals surface area contributed by atoms with Crippen molar-refractivity contribution in [2.45, 2.75) is 24.6 Å². The Labute approximate surface area is 130 Å². The average molecular weight is 311 g/mol. The van der Waals surface area contributed by atoms with Crippen LogP contribution in [-0.4, -0.2) is 19.7 Å². The molecule has 0 saturated carbocycles. The van der Waals surface area contributed by atoms with Gasteiger partial charge in [-0.15, -0.1) is 0 Å². The smallest absolute Gasteiger partial charge is 0.350 e. The number of hydrogen-bond acceptors (Lipinski definition) is 4. The number of nitrogens with zero attached hydrogens (tertiary/aromatic N) is 3. The second-order valence-electron chi connectivity index (χ2n) is 6.18. The Bertz CT molecular complexity index is 1040. The van der Waals surface area contributed by atoms with Gasteiger partial charge in [0.1, 0.15) is 5.75 Å². The van der Waals surface area contributed by atoms with Gasteiger partial charge in [0.25, 0.3) is 0 Å². The van der Waals surface area contributed by atoms with E-state index >= 15 is 0 Å². The number of aromatic nitrogens is 3. The maximum absolute atomic E-state index is 12.9. The van der Waals surface area contributed by atoms with Crippen LogP contribution in [0.2, 0.25) is 0 Å². The zero-order valence-electron chi connectivity index (χ0n) is 12.4. The zero-order chi connectivity index (χ0) is 15.9. The standard InChI is InChI=1S/C16H13N3O4/c1-17-14(21)18-9-6-7-16(19(18)15(17)22)11(8-9)13(20)10-4-2-3-5-12(10)23-16/h2-5,8-9H,6-7H2,1H3/t9-,16-/m1/s1. The topological polar surface area (TPSA) is 75.2 Å². The third kappa shape index (κ3) is 1.25.